The Morgan fingerprint density at radius 2 is 2.09 bits per heavy atom. The van der Waals surface area contributed by atoms with Crippen molar-refractivity contribution in [2.45, 2.75) is 37.5 Å². The second-order valence-corrected chi connectivity index (χ2v) is 7.03. The van der Waals surface area contributed by atoms with Crippen LogP contribution in [0.2, 0.25) is 0 Å². The van der Waals surface area contributed by atoms with Crippen molar-refractivity contribution in [1.82, 2.24) is 4.90 Å². The zero-order chi connectivity index (χ0) is 15.3. The Balaban J connectivity index is 1.51. The SMILES string of the molecule is O=C(O)C1CCCN(C(=O)C2CC23CCc2ccccc23)C1. The zero-order valence-corrected chi connectivity index (χ0v) is 12.6. The Kier molecular flexibility index (Phi) is 3.03. The van der Waals surface area contributed by atoms with Crippen molar-refractivity contribution < 1.29 is 14.7 Å². The molecular formula is C18H21NO3. The fourth-order valence-corrected chi connectivity index (χ4v) is 4.52. The molecule has 22 heavy (non-hydrogen) atoms. The van der Waals surface area contributed by atoms with E-state index in [4.69, 9.17) is 0 Å². The number of nitrogens with zero attached hydrogens (tertiary/aromatic N) is 1. The number of likely N-dealkylation sites (tertiary alicyclic amines) is 1. The topological polar surface area (TPSA) is 57.6 Å². The highest BCUT2D eigenvalue weighted by Gasteiger charge is 2.62. The fraction of sp³-hybridized carbons (Fsp3) is 0.556. The van der Waals surface area contributed by atoms with Crippen molar-refractivity contribution in [3.63, 3.8) is 0 Å². The minimum absolute atomic E-state index is 0.0594. The number of hydrogen-bond acceptors (Lipinski definition) is 2. The molecule has 2 aliphatic carbocycles. The molecule has 116 valence electrons. The van der Waals surface area contributed by atoms with E-state index in [9.17, 15) is 14.7 Å². The molecule has 1 saturated heterocycles. The maximum Gasteiger partial charge on any atom is 0.308 e. The highest BCUT2D eigenvalue weighted by atomic mass is 16.4. The Bertz CT molecular complexity index is 641. The smallest absolute Gasteiger partial charge is 0.308 e. The minimum Gasteiger partial charge on any atom is -0.481 e. The second kappa shape index (κ2) is 4.83. The number of aliphatic carboxylic acids is 1. The van der Waals surface area contributed by atoms with Crippen LogP contribution in [0.3, 0.4) is 0 Å². The van der Waals surface area contributed by atoms with Gasteiger partial charge in [-0.2, -0.15) is 0 Å². The van der Waals surface area contributed by atoms with Crippen molar-refractivity contribution in [1.29, 1.82) is 0 Å². The van der Waals surface area contributed by atoms with Crippen LogP contribution in [0.5, 0.6) is 0 Å². The molecule has 0 radical (unpaired) electrons. The van der Waals surface area contributed by atoms with Crippen LogP contribution in [-0.4, -0.2) is 35.0 Å². The third-order valence-corrected chi connectivity index (χ3v) is 5.85. The quantitative estimate of drug-likeness (QED) is 0.911. The molecule has 1 amide bonds. The predicted octanol–water partition coefficient (Wildman–Crippen LogP) is 2.21. The van der Waals surface area contributed by atoms with E-state index in [1.807, 2.05) is 4.90 Å². The third-order valence-electron chi connectivity index (χ3n) is 5.85. The van der Waals surface area contributed by atoms with Gasteiger partial charge in [-0.05, 0) is 43.2 Å². The van der Waals surface area contributed by atoms with Crippen LogP contribution in [0.1, 0.15) is 36.8 Å². The summed E-state index contributed by atoms with van der Waals surface area (Å²) < 4.78 is 0. The van der Waals surface area contributed by atoms with Gasteiger partial charge >= 0.3 is 5.97 Å². The van der Waals surface area contributed by atoms with Crippen molar-refractivity contribution in [2.75, 3.05) is 13.1 Å². The lowest BCUT2D eigenvalue weighted by molar-refractivity contribution is -0.146. The number of fused-ring (bicyclic) bond motifs is 2. The van der Waals surface area contributed by atoms with Gasteiger partial charge in [0.1, 0.15) is 0 Å². The van der Waals surface area contributed by atoms with Crippen LogP contribution in [-0.2, 0) is 21.4 Å². The Hall–Kier alpha value is -1.84. The molecular weight excluding hydrogens is 278 g/mol. The number of carboxylic acid groups (broad SMARTS) is 1. The van der Waals surface area contributed by atoms with E-state index in [-0.39, 0.29) is 23.2 Å². The molecule has 1 aliphatic heterocycles. The van der Waals surface area contributed by atoms with Crippen LogP contribution in [0.4, 0.5) is 0 Å². The van der Waals surface area contributed by atoms with Crippen LogP contribution in [0, 0.1) is 11.8 Å². The summed E-state index contributed by atoms with van der Waals surface area (Å²) in [5.41, 5.74) is 2.81. The number of aryl methyl sites for hydroxylation is 1. The van der Waals surface area contributed by atoms with Crippen LogP contribution in [0.25, 0.3) is 0 Å². The number of hydrogen-bond donors (Lipinski definition) is 1. The summed E-state index contributed by atoms with van der Waals surface area (Å²) in [6, 6.07) is 8.48. The first kappa shape index (κ1) is 13.8. The molecule has 3 unspecified atom stereocenters. The molecule has 1 aromatic carbocycles. The van der Waals surface area contributed by atoms with E-state index in [2.05, 4.69) is 24.3 Å². The first-order valence-electron chi connectivity index (χ1n) is 8.22. The van der Waals surface area contributed by atoms with Gasteiger partial charge in [0.15, 0.2) is 0 Å². The molecule has 4 nitrogen and oxygen atoms in total. The summed E-state index contributed by atoms with van der Waals surface area (Å²) in [6.07, 6.45) is 4.57. The van der Waals surface area contributed by atoms with Gasteiger partial charge in [-0.25, -0.2) is 0 Å². The number of carbonyl (C=O) groups is 2. The van der Waals surface area contributed by atoms with E-state index in [0.29, 0.717) is 13.0 Å². The molecule has 4 heteroatoms. The number of carboxylic acids is 1. The monoisotopic (exact) mass is 299 g/mol. The lowest BCUT2D eigenvalue weighted by atomic mass is 9.93. The molecule has 1 spiro atoms. The molecule has 1 heterocycles. The summed E-state index contributed by atoms with van der Waals surface area (Å²) in [6.45, 7) is 1.11. The molecule has 0 bridgehead atoms. The van der Waals surface area contributed by atoms with Gasteiger partial charge in [0.25, 0.3) is 0 Å². The van der Waals surface area contributed by atoms with Gasteiger partial charge in [-0.15, -0.1) is 0 Å². The molecule has 3 atom stereocenters. The highest BCUT2D eigenvalue weighted by molar-refractivity contribution is 5.85. The summed E-state index contributed by atoms with van der Waals surface area (Å²) in [5, 5.41) is 9.19. The van der Waals surface area contributed by atoms with Crippen LogP contribution < -0.4 is 0 Å². The standard InChI is InChI=1S/C18H21NO3/c20-16(19-9-3-5-13(11-19)17(21)22)15-10-18(15)8-7-12-4-1-2-6-14(12)18/h1-2,4,6,13,15H,3,5,7-11H2,(H,21,22). The van der Waals surface area contributed by atoms with E-state index in [0.717, 1.165) is 32.2 Å². The average molecular weight is 299 g/mol. The molecule has 4 rings (SSSR count). The van der Waals surface area contributed by atoms with Crippen LogP contribution >= 0.6 is 0 Å². The Morgan fingerprint density at radius 3 is 2.91 bits per heavy atom. The van der Waals surface area contributed by atoms with E-state index in [1.165, 1.54) is 11.1 Å². The van der Waals surface area contributed by atoms with Gasteiger partial charge in [-0.3, -0.25) is 9.59 Å². The van der Waals surface area contributed by atoms with Gasteiger partial charge in [-0.1, -0.05) is 24.3 Å². The number of piperidine rings is 1. The number of amides is 1. The first-order chi connectivity index (χ1) is 10.6. The van der Waals surface area contributed by atoms with Gasteiger partial charge in [0, 0.05) is 24.4 Å². The van der Waals surface area contributed by atoms with Gasteiger partial charge in [0.2, 0.25) is 5.91 Å². The lowest BCUT2D eigenvalue weighted by Gasteiger charge is -2.31. The van der Waals surface area contributed by atoms with Crippen molar-refractivity contribution in [3.8, 4) is 0 Å². The molecule has 2 fully saturated rings. The van der Waals surface area contributed by atoms with E-state index in [1.54, 1.807) is 0 Å². The number of benzene rings is 1. The molecule has 1 aromatic rings. The van der Waals surface area contributed by atoms with Crippen LogP contribution in [0.15, 0.2) is 24.3 Å². The zero-order valence-electron chi connectivity index (χ0n) is 12.6. The molecule has 0 aromatic heterocycles. The maximum absolute atomic E-state index is 12.8. The number of carbonyl (C=O) groups excluding carboxylic acids is 1. The Morgan fingerprint density at radius 1 is 1.27 bits per heavy atom. The van der Waals surface area contributed by atoms with E-state index >= 15 is 0 Å². The van der Waals surface area contributed by atoms with Crippen molar-refractivity contribution in [3.05, 3.63) is 35.4 Å². The normalized spacial score (nSPS) is 32.8. The van der Waals surface area contributed by atoms with E-state index < -0.39 is 5.97 Å². The molecule has 1 saturated carbocycles. The fourth-order valence-electron chi connectivity index (χ4n) is 4.52. The lowest BCUT2D eigenvalue weighted by Crippen LogP contribution is -2.43. The summed E-state index contributed by atoms with van der Waals surface area (Å²) >= 11 is 0. The third kappa shape index (κ3) is 1.97. The highest BCUT2D eigenvalue weighted by Crippen LogP contribution is 2.62. The van der Waals surface area contributed by atoms with Crippen molar-refractivity contribution in [2.24, 2.45) is 11.8 Å². The van der Waals surface area contributed by atoms with Gasteiger partial charge < -0.3 is 10.0 Å². The summed E-state index contributed by atoms with van der Waals surface area (Å²) in [4.78, 5) is 25.8. The largest absolute Gasteiger partial charge is 0.481 e. The second-order valence-electron chi connectivity index (χ2n) is 7.03. The predicted molar refractivity (Wildman–Crippen MR) is 81.5 cm³/mol. The average Bonchev–Trinajstić information content (AvgIpc) is 3.16. The summed E-state index contributed by atoms with van der Waals surface area (Å²) in [7, 11) is 0. The minimum atomic E-state index is -0.769. The van der Waals surface area contributed by atoms with Gasteiger partial charge in [0.05, 0.1) is 5.92 Å². The summed E-state index contributed by atoms with van der Waals surface area (Å²) in [5.74, 6) is -0.899. The van der Waals surface area contributed by atoms with Crippen molar-refractivity contribution >= 4 is 11.9 Å². The maximum atomic E-state index is 12.8. The first-order valence-corrected chi connectivity index (χ1v) is 8.22. The Labute approximate surface area is 130 Å². The molecule has 3 aliphatic rings. The number of rotatable bonds is 2. The molecule has 1 N–H and O–H groups in total.